The van der Waals surface area contributed by atoms with Crippen molar-refractivity contribution in [1.82, 2.24) is 5.32 Å². The lowest BCUT2D eigenvalue weighted by Crippen LogP contribution is -2.40. The second kappa shape index (κ2) is 39.5. The Kier molecular flexibility index (Phi) is 37.5. The van der Waals surface area contributed by atoms with Gasteiger partial charge in [0.2, 0.25) is 5.91 Å². The van der Waals surface area contributed by atoms with E-state index in [1.54, 1.807) is 0 Å². The normalized spacial score (nSPS) is 13.1. The molecular formula is C45H80N2O5. The largest absolute Gasteiger partial charge is 0.480 e. The van der Waals surface area contributed by atoms with E-state index in [1.807, 2.05) is 0 Å². The predicted molar refractivity (Wildman–Crippen MR) is 220 cm³/mol. The standard InChI is InChI=1S/C45H80N2O5/c1-3-5-7-9-11-13-14-15-16-17-18-19-20-21-23-29-33-39-44(49)52-41(35-30-26-22-12-10-8-6-4-2)36-31-27-24-25-28-32-38-43(48)47-42(45(50)51)37-34-40-46/h11-13,15-16,22,30,35,41-42H,3-10,14,17-21,23-29,31-34,36-40,46H2,1-2H3,(H,47,48)(H,50,51)/b13-11-,16-15-,22-12-,35-30-. The van der Waals surface area contributed by atoms with Crippen LogP contribution in [0.4, 0.5) is 0 Å². The Morgan fingerprint density at radius 3 is 1.60 bits per heavy atom. The van der Waals surface area contributed by atoms with Gasteiger partial charge >= 0.3 is 11.9 Å². The van der Waals surface area contributed by atoms with E-state index in [-0.39, 0.29) is 18.0 Å². The first kappa shape index (κ1) is 49.3. The molecule has 0 aromatic carbocycles. The van der Waals surface area contributed by atoms with E-state index >= 15 is 0 Å². The quantitative estimate of drug-likeness (QED) is 0.0331. The Bertz CT molecular complexity index is 957. The molecule has 0 aliphatic heterocycles. The zero-order valence-electron chi connectivity index (χ0n) is 33.6. The number of carboxylic acid groups (broad SMARTS) is 1. The predicted octanol–water partition coefficient (Wildman–Crippen LogP) is 12.0. The van der Waals surface area contributed by atoms with E-state index in [0.717, 1.165) is 77.0 Å². The zero-order chi connectivity index (χ0) is 38.2. The number of allylic oxidation sites excluding steroid dienone is 7. The van der Waals surface area contributed by atoms with Gasteiger partial charge in [-0.25, -0.2) is 4.79 Å². The van der Waals surface area contributed by atoms with Crippen LogP contribution in [0.15, 0.2) is 48.6 Å². The minimum Gasteiger partial charge on any atom is -0.480 e. The van der Waals surface area contributed by atoms with Crippen molar-refractivity contribution >= 4 is 17.8 Å². The number of aliphatic carboxylic acids is 1. The van der Waals surface area contributed by atoms with Gasteiger partial charge in [-0.3, -0.25) is 9.59 Å². The van der Waals surface area contributed by atoms with Gasteiger partial charge in [-0.2, -0.15) is 0 Å². The molecule has 7 nitrogen and oxygen atoms in total. The lowest BCUT2D eigenvalue weighted by atomic mass is 10.0. The van der Waals surface area contributed by atoms with Crippen LogP contribution in [0.5, 0.6) is 0 Å². The molecule has 300 valence electrons. The number of nitrogens with one attached hydrogen (secondary N) is 1. The summed E-state index contributed by atoms with van der Waals surface area (Å²) < 4.78 is 5.93. The molecule has 0 rings (SSSR count). The molecule has 0 aliphatic carbocycles. The molecule has 0 bridgehead atoms. The van der Waals surface area contributed by atoms with Crippen molar-refractivity contribution in [3.05, 3.63) is 48.6 Å². The average Bonchev–Trinajstić information content (AvgIpc) is 3.13. The van der Waals surface area contributed by atoms with Gasteiger partial charge in [-0.1, -0.05) is 140 Å². The number of ether oxygens (including phenoxy) is 1. The van der Waals surface area contributed by atoms with Crippen LogP contribution in [-0.4, -0.2) is 41.6 Å². The maximum Gasteiger partial charge on any atom is 0.326 e. The van der Waals surface area contributed by atoms with Crippen LogP contribution in [0.1, 0.15) is 200 Å². The van der Waals surface area contributed by atoms with E-state index in [9.17, 15) is 19.5 Å². The molecule has 2 unspecified atom stereocenters. The summed E-state index contributed by atoms with van der Waals surface area (Å²) in [5.41, 5.74) is 5.47. The number of carboxylic acids is 1. The summed E-state index contributed by atoms with van der Waals surface area (Å²) in [6, 6.07) is -0.857. The van der Waals surface area contributed by atoms with E-state index in [4.69, 9.17) is 10.5 Å². The maximum absolute atomic E-state index is 12.7. The van der Waals surface area contributed by atoms with Crippen molar-refractivity contribution in [1.29, 1.82) is 0 Å². The maximum atomic E-state index is 12.7. The molecule has 7 heteroatoms. The highest BCUT2D eigenvalue weighted by Crippen LogP contribution is 2.15. The molecule has 0 saturated heterocycles. The summed E-state index contributed by atoms with van der Waals surface area (Å²) in [6.45, 7) is 4.88. The molecule has 4 N–H and O–H groups in total. The number of amides is 1. The van der Waals surface area contributed by atoms with Crippen LogP contribution in [0.2, 0.25) is 0 Å². The SMILES string of the molecule is CCCCC/C=C\C/C=C\CCCCCCCCCC(=O)OC(/C=C\C/C=C\CCCCC)CCCCCCCCC(=O)NC(CCCN)C(=O)O. The Morgan fingerprint density at radius 2 is 1.06 bits per heavy atom. The van der Waals surface area contributed by atoms with Gasteiger partial charge in [-0.15, -0.1) is 0 Å². The van der Waals surface area contributed by atoms with Crippen molar-refractivity contribution in [2.24, 2.45) is 5.73 Å². The van der Waals surface area contributed by atoms with Crippen LogP contribution in [0.3, 0.4) is 0 Å². The number of unbranched alkanes of at least 4 members (excludes halogenated alkanes) is 18. The fourth-order valence-corrected chi connectivity index (χ4v) is 6.08. The second-order valence-electron chi connectivity index (χ2n) is 14.4. The number of rotatable bonds is 38. The monoisotopic (exact) mass is 729 g/mol. The third-order valence-corrected chi connectivity index (χ3v) is 9.35. The van der Waals surface area contributed by atoms with Crippen molar-refractivity contribution in [2.45, 2.75) is 212 Å². The Hall–Kier alpha value is -2.67. The Morgan fingerprint density at radius 1 is 0.577 bits per heavy atom. The Labute approximate surface area is 319 Å². The summed E-state index contributed by atoms with van der Waals surface area (Å²) in [5, 5.41) is 11.9. The second-order valence-corrected chi connectivity index (χ2v) is 14.4. The summed E-state index contributed by atoms with van der Waals surface area (Å²) in [5.74, 6) is -1.30. The van der Waals surface area contributed by atoms with Crippen LogP contribution in [0, 0.1) is 0 Å². The van der Waals surface area contributed by atoms with E-state index in [2.05, 4.69) is 67.8 Å². The minimum absolute atomic E-state index is 0.0845. The first-order chi connectivity index (χ1) is 25.4. The van der Waals surface area contributed by atoms with Gasteiger partial charge < -0.3 is 20.9 Å². The van der Waals surface area contributed by atoms with Crippen molar-refractivity contribution in [2.75, 3.05) is 6.54 Å². The number of nitrogens with two attached hydrogens (primary N) is 1. The molecule has 1 amide bonds. The van der Waals surface area contributed by atoms with Crippen molar-refractivity contribution in [3.8, 4) is 0 Å². The van der Waals surface area contributed by atoms with Crippen LogP contribution in [0.25, 0.3) is 0 Å². The molecule has 2 atom stereocenters. The van der Waals surface area contributed by atoms with Gasteiger partial charge in [-0.05, 0) is 103 Å². The van der Waals surface area contributed by atoms with Crippen molar-refractivity contribution in [3.63, 3.8) is 0 Å². The van der Waals surface area contributed by atoms with Gasteiger partial charge in [0.1, 0.15) is 12.1 Å². The zero-order valence-corrected chi connectivity index (χ0v) is 33.6. The smallest absolute Gasteiger partial charge is 0.326 e. The molecule has 0 radical (unpaired) electrons. The number of carbonyl (C=O) groups excluding carboxylic acids is 2. The molecule has 0 fully saturated rings. The molecule has 0 heterocycles. The summed E-state index contributed by atoms with van der Waals surface area (Å²) in [4.78, 5) is 36.2. The highest BCUT2D eigenvalue weighted by Gasteiger charge is 2.18. The number of hydrogen-bond donors (Lipinski definition) is 3. The molecule has 0 saturated carbocycles. The van der Waals surface area contributed by atoms with Crippen LogP contribution in [-0.2, 0) is 19.1 Å². The highest BCUT2D eigenvalue weighted by atomic mass is 16.5. The van der Waals surface area contributed by atoms with Gasteiger partial charge in [0.05, 0.1) is 0 Å². The third-order valence-electron chi connectivity index (χ3n) is 9.35. The van der Waals surface area contributed by atoms with E-state index in [0.29, 0.717) is 32.2 Å². The molecule has 0 aromatic rings. The lowest BCUT2D eigenvalue weighted by molar-refractivity contribution is -0.147. The van der Waals surface area contributed by atoms with Crippen molar-refractivity contribution < 1.29 is 24.2 Å². The van der Waals surface area contributed by atoms with Gasteiger partial charge in [0.25, 0.3) is 0 Å². The first-order valence-electron chi connectivity index (χ1n) is 21.5. The topological polar surface area (TPSA) is 119 Å². The fourth-order valence-electron chi connectivity index (χ4n) is 6.08. The van der Waals surface area contributed by atoms with E-state index in [1.165, 1.54) is 83.5 Å². The summed E-state index contributed by atoms with van der Waals surface area (Å²) in [6.07, 6.45) is 47.5. The third kappa shape index (κ3) is 35.7. The van der Waals surface area contributed by atoms with Crippen LogP contribution < -0.4 is 11.1 Å². The number of esters is 1. The molecule has 52 heavy (non-hydrogen) atoms. The molecule has 0 spiro atoms. The van der Waals surface area contributed by atoms with Gasteiger partial charge in [0.15, 0.2) is 0 Å². The summed E-state index contributed by atoms with van der Waals surface area (Å²) in [7, 11) is 0. The fraction of sp³-hybridized carbons (Fsp3) is 0.756. The minimum atomic E-state index is -1.01. The molecule has 0 aliphatic rings. The van der Waals surface area contributed by atoms with Crippen LogP contribution >= 0.6 is 0 Å². The number of carbonyl (C=O) groups is 3. The Balaban J connectivity index is 4.26. The average molecular weight is 729 g/mol. The highest BCUT2D eigenvalue weighted by molar-refractivity contribution is 5.83. The molecule has 0 aromatic heterocycles. The first-order valence-corrected chi connectivity index (χ1v) is 21.5. The van der Waals surface area contributed by atoms with E-state index < -0.39 is 12.0 Å². The van der Waals surface area contributed by atoms with Gasteiger partial charge in [0, 0.05) is 12.8 Å². The molecular weight excluding hydrogens is 649 g/mol. The lowest BCUT2D eigenvalue weighted by Gasteiger charge is -2.15. The summed E-state index contributed by atoms with van der Waals surface area (Å²) >= 11 is 0. The number of hydrogen-bond acceptors (Lipinski definition) is 5.